The van der Waals surface area contributed by atoms with E-state index < -0.39 is 41.9 Å². The second kappa shape index (κ2) is 5.89. The van der Waals surface area contributed by atoms with Crippen molar-refractivity contribution in [2.75, 3.05) is 0 Å². The minimum absolute atomic E-state index is 0.310. The lowest BCUT2D eigenvalue weighted by Gasteiger charge is -2.12. The van der Waals surface area contributed by atoms with Crippen molar-refractivity contribution in [2.24, 2.45) is 0 Å². The molecule has 0 heterocycles. The van der Waals surface area contributed by atoms with Crippen LogP contribution >= 0.6 is 0 Å². The summed E-state index contributed by atoms with van der Waals surface area (Å²) in [6, 6.07) is 0.591. The second-order valence-corrected chi connectivity index (χ2v) is 3.59. The Morgan fingerprint density at radius 3 is 2.26 bits per heavy atom. The van der Waals surface area contributed by atoms with Crippen molar-refractivity contribution >= 4 is 17.8 Å². The van der Waals surface area contributed by atoms with Crippen LogP contribution in [0.15, 0.2) is 18.2 Å². The molecule has 1 unspecified atom stereocenters. The monoisotopic (exact) mass is 273 g/mol. The number of hydrogen-bond donors (Lipinski definition) is 3. The largest absolute Gasteiger partial charge is 0.481 e. The van der Waals surface area contributed by atoms with Crippen LogP contribution < -0.4 is 5.32 Å². The Bertz CT molecular complexity index is 532. The molecule has 0 saturated carbocycles. The minimum atomic E-state index is -1.65. The normalized spacial score (nSPS) is 11.7. The third-order valence-electron chi connectivity index (χ3n) is 2.16. The Kier molecular flexibility index (Phi) is 4.51. The number of nitrogens with one attached hydrogen (secondary N) is 1. The van der Waals surface area contributed by atoms with Gasteiger partial charge in [-0.05, 0) is 18.2 Å². The van der Waals surface area contributed by atoms with Crippen molar-refractivity contribution in [3.05, 3.63) is 35.4 Å². The standard InChI is InChI=1S/C11H9F2NO5/c12-6-2-1-5(3-7(6)13)10(17)14-8(11(18)19)4-9(15)16/h1-3,8H,4H2,(H,14,17)(H,15,16)(H,18,19). The smallest absolute Gasteiger partial charge is 0.326 e. The fourth-order valence-electron chi connectivity index (χ4n) is 1.25. The van der Waals surface area contributed by atoms with Gasteiger partial charge in [0.05, 0.1) is 6.42 Å². The number of aliphatic carboxylic acids is 2. The van der Waals surface area contributed by atoms with Crippen LogP contribution in [-0.2, 0) is 9.59 Å². The van der Waals surface area contributed by atoms with E-state index in [0.29, 0.717) is 12.1 Å². The summed E-state index contributed by atoms with van der Waals surface area (Å²) in [6.45, 7) is 0. The zero-order chi connectivity index (χ0) is 14.6. The van der Waals surface area contributed by atoms with E-state index in [9.17, 15) is 23.2 Å². The average molecular weight is 273 g/mol. The van der Waals surface area contributed by atoms with Crippen LogP contribution in [0.1, 0.15) is 16.8 Å². The van der Waals surface area contributed by atoms with Crippen LogP contribution in [0.3, 0.4) is 0 Å². The SMILES string of the molecule is O=C(O)CC(NC(=O)c1ccc(F)c(F)c1)C(=O)O. The highest BCUT2D eigenvalue weighted by molar-refractivity contribution is 5.97. The molecular weight excluding hydrogens is 264 g/mol. The van der Waals surface area contributed by atoms with Crippen LogP contribution in [0.4, 0.5) is 8.78 Å². The number of amides is 1. The number of carboxylic acids is 2. The summed E-state index contributed by atoms with van der Waals surface area (Å²) in [5.41, 5.74) is -0.310. The van der Waals surface area contributed by atoms with Gasteiger partial charge in [-0.2, -0.15) is 0 Å². The van der Waals surface area contributed by atoms with Gasteiger partial charge in [0.2, 0.25) is 0 Å². The van der Waals surface area contributed by atoms with Gasteiger partial charge >= 0.3 is 11.9 Å². The molecule has 0 bridgehead atoms. The van der Waals surface area contributed by atoms with E-state index in [2.05, 4.69) is 0 Å². The summed E-state index contributed by atoms with van der Waals surface area (Å²) in [7, 11) is 0. The third kappa shape index (κ3) is 4.02. The quantitative estimate of drug-likeness (QED) is 0.729. The molecule has 1 amide bonds. The van der Waals surface area contributed by atoms with Gasteiger partial charge in [-0.25, -0.2) is 13.6 Å². The number of carbonyl (C=O) groups excluding carboxylic acids is 1. The van der Waals surface area contributed by atoms with Gasteiger partial charge in [-0.1, -0.05) is 0 Å². The summed E-state index contributed by atoms with van der Waals surface area (Å²) in [5, 5.41) is 19.1. The molecule has 0 fully saturated rings. The Hall–Kier alpha value is -2.51. The van der Waals surface area contributed by atoms with E-state index in [-0.39, 0.29) is 5.56 Å². The third-order valence-corrected chi connectivity index (χ3v) is 2.16. The molecule has 0 radical (unpaired) electrons. The molecule has 0 aliphatic rings. The van der Waals surface area contributed by atoms with Gasteiger partial charge in [0.15, 0.2) is 11.6 Å². The fourth-order valence-corrected chi connectivity index (χ4v) is 1.25. The van der Waals surface area contributed by atoms with Gasteiger partial charge in [-0.15, -0.1) is 0 Å². The maximum Gasteiger partial charge on any atom is 0.326 e. The van der Waals surface area contributed by atoms with E-state index in [0.717, 1.165) is 6.07 Å². The highest BCUT2D eigenvalue weighted by Gasteiger charge is 2.23. The molecule has 1 rings (SSSR count). The summed E-state index contributed by atoms with van der Waals surface area (Å²) in [5.74, 6) is -6.39. The van der Waals surface area contributed by atoms with Crippen LogP contribution in [-0.4, -0.2) is 34.1 Å². The van der Waals surface area contributed by atoms with E-state index in [1.165, 1.54) is 0 Å². The Labute approximate surface area is 105 Å². The molecule has 3 N–H and O–H groups in total. The number of halogens is 2. The predicted molar refractivity (Wildman–Crippen MR) is 57.5 cm³/mol. The van der Waals surface area contributed by atoms with Gasteiger partial charge in [0.1, 0.15) is 6.04 Å². The lowest BCUT2D eigenvalue weighted by Crippen LogP contribution is -2.42. The highest BCUT2D eigenvalue weighted by atomic mass is 19.2. The molecule has 6 nitrogen and oxygen atoms in total. The number of benzene rings is 1. The summed E-state index contributed by atoms with van der Waals surface area (Å²) in [6.07, 6.45) is -0.829. The molecule has 0 spiro atoms. The molecule has 0 aliphatic heterocycles. The molecule has 8 heteroatoms. The molecule has 102 valence electrons. The molecule has 0 saturated heterocycles. The zero-order valence-electron chi connectivity index (χ0n) is 9.39. The molecule has 19 heavy (non-hydrogen) atoms. The van der Waals surface area contributed by atoms with E-state index in [1.807, 2.05) is 5.32 Å². The lowest BCUT2D eigenvalue weighted by atomic mass is 10.1. The van der Waals surface area contributed by atoms with E-state index in [1.54, 1.807) is 0 Å². The van der Waals surface area contributed by atoms with Crippen molar-refractivity contribution in [1.82, 2.24) is 5.32 Å². The first-order valence-electron chi connectivity index (χ1n) is 5.01. The maximum atomic E-state index is 12.9. The van der Waals surface area contributed by atoms with Gasteiger partial charge < -0.3 is 15.5 Å². The fraction of sp³-hybridized carbons (Fsp3) is 0.182. The van der Waals surface area contributed by atoms with Crippen molar-refractivity contribution in [1.29, 1.82) is 0 Å². The van der Waals surface area contributed by atoms with Crippen molar-refractivity contribution in [3.63, 3.8) is 0 Å². The minimum Gasteiger partial charge on any atom is -0.481 e. The number of carboxylic acid groups (broad SMARTS) is 2. The van der Waals surface area contributed by atoms with Gasteiger partial charge in [0, 0.05) is 5.56 Å². The first-order chi connectivity index (χ1) is 8.81. The topological polar surface area (TPSA) is 104 Å². The number of rotatable bonds is 5. The van der Waals surface area contributed by atoms with Crippen LogP contribution in [0, 0.1) is 11.6 Å². The van der Waals surface area contributed by atoms with E-state index >= 15 is 0 Å². The lowest BCUT2D eigenvalue weighted by molar-refractivity contribution is -0.145. The van der Waals surface area contributed by atoms with Crippen molar-refractivity contribution < 1.29 is 33.4 Å². The molecular formula is C11H9F2NO5. The number of hydrogen-bond acceptors (Lipinski definition) is 3. The highest BCUT2D eigenvalue weighted by Crippen LogP contribution is 2.09. The molecule has 1 aromatic rings. The maximum absolute atomic E-state index is 12.9. The number of carbonyl (C=O) groups is 3. The Morgan fingerprint density at radius 1 is 1.16 bits per heavy atom. The van der Waals surface area contributed by atoms with Crippen LogP contribution in [0.2, 0.25) is 0 Å². The van der Waals surface area contributed by atoms with Gasteiger partial charge in [0.25, 0.3) is 5.91 Å². The van der Waals surface area contributed by atoms with Crippen molar-refractivity contribution in [2.45, 2.75) is 12.5 Å². The Morgan fingerprint density at radius 2 is 1.79 bits per heavy atom. The molecule has 1 aromatic carbocycles. The van der Waals surface area contributed by atoms with Crippen molar-refractivity contribution in [3.8, 4) is 0 Å². The zero-order valence-corrected chi connectivity index (χ0v) is 9.39. The van der Waals surface area contributed by atoms with Crippen LogP contribution in [0.25, 0.3) is 0 Å². The van der Waals surface area contributed by atoms with Crippen LogP contribution in [0.5, 0.6) is 0 Å². The molecule has 1 atom stereocenters. The van der Waals surface area contributed by atoms with E-state index in [4.69, 9.17) is 10.2 Å². The average Bonchev–Trinajstić information content (AvgIpc) is 2.31. The predicted octanol–water partition coefficient (Wildman–Crippen LogP) is 0.622. The summed E-state index contributed by atoms with van der Waals surface area (Å²) in [4.78, 5) is 32.7. The molecule has 0 aromatic heterocycles. The van der Waals surface area contributed by atoms with Gasteiger partial charge in [-0.3, -0.25) is 9.59 Å². The summed E-state index contributed by atoms with van der Waals surface area (Å²) >= 11 is 0. The second-order valence-electron chi connectivity index (χ2n) is 3.59. The first kappa shape index (κ1) is 14.6. The Balaban J connectivity index is 2.84. The summed E-state index contributed by atoms with van der Waals surface area (Å²) < 4.78 is 25.5. The first-order valence-corrected chi connectivity index (χ1v) is 5.01. The molecule has 0 aliphatic carbocycles.